The number of halogens is 2. The molecule has 4 nitrogen and oxygen atoms in total. The molecule has 2 amide bonds. The number of amides is 2. The van der Waals surface area contributed by atoms with Gasteiger partial charge in [-0.2, -0.15) is 0 Å². The molecule has 0 saturated heterocycles. The Morgan fingerprint density at radius 2 is 1.68 bits per heavy atom. The minimum absolute atomic E-state index is 0.109. The van der Waals surface area contributed by atoms with Crippen molar-refractivity contribution >= 4 is 35.0 Å². The molecule has 6 heteroatoms. The Hall–Kier alpha value is -2.82. The molecular weight excluding hydrogens is 503 g/mol. The summed E-state index contributed by atoms with van der Waals surface area (Å²) in [5.74, 6) is -0.225. The third-order valence-electron chi connectivity index (χ3n) is 7.17. The third-order valence-corrected chi connectivity index (χ3v) is 7.76. The summed E-state index contributed by atoms with van der Waals surface area (Å²) in [4.78, 5) is 29.5. The standard InChI is InChI=1S/C31H34Cl2N2O2/c1-21-12-13-22(2)25(16-21)18-30(36)35(20-24-14-15-26(32)19-28(24)33)29(17-23-8-4-3-5-9-23)31(37)34-27-10-6-7-11-27/h3-5,8-9,12-16,19,27,29H,6-7,10-11,17-18,20H2,1-2H3,(H,34,37)/t29-/m1/s1. The second-order valence-corrected chi connectivity index (χ2v) is 10.9. The Morgan fingerprint density at radius 1 is 0.946 bits per heavy atom. The van der Waals surface area contributed by atoms with Crippen LogP contribution in [0.25, 0.3) is 0 Å². The highest BCUT2D eigenvalue weighted by atomic mass is 35.5. The van der Waals surface area contributed by atoms with Crippen molar-refractivity contribution in [2.75, 3.05) is 0 Å². The van der Waals surface area contributed by atoms with E-state index in [0.29, 0.717) is 16.5 Å². The first-order valence-corrected chi connectivity index (χ1v) is 13.7. The van der Waals surface area contributed by atoms with Crippen LogP contribution >= 0.6 is 23.2 Å². The van der Waals surface area contributed by atoms with Gasteiger partial charge < -0.3 is 10.2 Å². The van der Waals surface area contributed by atoms with Crippen molar-refractivity contribution in [2.45, 2.75) is 71.0 Å². The van der Waals surface area contributed by atoms with E-state index in [9.17, 15) is 9.59 Å². The number of benzene rings is 3. The van der Waals surface area contributed by atoms with Crippen LogP contribution in [0.15, 0.2) is 66.7 Å². The fourth-order valence-electron chi connectivity index (χ4n) is 5.01. The number of aryl methyl sites for hydroxylation is 2. The molecule has 194 valence electrons. The Bertz CT molecular complexity index is 1240. The first kappa shape index (κ1) is 27.2. The van der Waals surface area contributed by atoms with E-state index >= 15 is 0 Å². The van der Waals surface area contributed by atoms with Crippen LogP contribution in [0.5, 0.6) is 0 Å². The summed E-state index contributed by atoms with van der Waals surface area (Å²) in [5, 5.41) is 4.25. The van der Waals surface area contributed by atoms with Gasteiger partial charge in [0.2, 0.25) is 11.8 Å². The first-order chi connectivity index (χ1) is 17.8. The van der Waals surface area contributed by atoms with Gasteiger partial charge in [-0.15, -0.1) is 0 Å². The lowest BCUT2D eigenvalue weighted by molar-refractivity contribution is -0.141. The van der Waals surface area contributed by atoms with Gasteiger partial charge in [-0.25, -0.2) is 0 Å². The van der Waals surface area contributed by atoms with Crippen molar-refractivity contribution in [2.24, 2.45) is 0 Å². The zero-order valence-electron chi connectivity index (χ0n) is 21.5. The van der Waals surface area contributed by atoms with E-state index in [1.54, 1.807) is 17.0 Å². The van der Waals surface area contributed by atoms with Gasteiger partial charge in [0.15, 0.2) is 0 Å². The topological polar surface area (TPSA) is 49.4 Å². The summed E-state index contributed by atoms with van der Waals surface area (Å²) in [6.07, 6.45) is 4.81. The zero-order chi connectivity index (χ0) is 26.4. The molecule has 0 radical (unpaired) electrons. The fraction of sp³-hybridized carbons (Fsp3) is 0.355. The van der Waals surface area contributed by atoms with Crippen molar-refractivity contribution in [3.05, 3.63) is 105 Å². The number of nitrogens with one attached hydrogen (secondary N) is 1. The highest BCUT2D eigenvalue weighted by Crippen LogP contribution is 2.26. The van der Waals surface area contributed by atoms with Crippen LogP contribution in [0.3, 0.4) is 0 Å². The second kappa shape index (κ2) is 12.6. The Morgan fingerprint density at radius 3 is 2.38 bits per heavy atom. The molecular formula is C31H34Cl2N2O2. The summed E-state index contributed by atoms with van der Waals surface area (Å²) < 4.78 is 0. The first-order valence-electron chi connectivity index (χ1n) is 12.9. The molecule has 4 rings (SSSR count). The van der Waals surface area contributed by atoms with Crippen molar-refractivity contribution in [1.82, 2.24) is 10.2 Å². The molecule has 37 heavy (non-hydrogen) atoms. The maximum absolute atomic E-state index is 14.0. The molecule has 0 aliphatic heterocycles. The van der Waals surface area contributed by atoms with Crippen LogP contribution < -0.4 is 5.32 Å². The van der Waals surface area contributed by atoms with Gasteiger partial charge in [0.25, 0.3) is 0 Å². The highest BCUT2D eigenvalue weighted by Gasteiger charge is 2.32. The zero-order valence-corrected chi connectivity index (χ0v) is 23.0. The van der Waals surface area contributed by atoms with Crippen molar-refractivity contribution in [3.63, 3.8) is 0 Å². The van der Waals surface area contributed by atoms with Crippen molar-refractivity contribution < 1.29 is 9.59 Å². The molecule has 1 aliphatic rings. The maximum Gasteiger partial charge on any atom is 0.243 e. The van der Waals surface area contributed by atoms with Gasteiger partial charge in [0, 0.05) is 29.1 Å². The average molecular weight is 538 g/mol. The van der Waals surface area contributed by atoms with Gasteiger partial charge in [-0.05, 0) is 61.1 Å². The summed E-state index contributed by atoms with van der Waals surface area (Å²) in [6, 6.07) is 20.7. The Labute approximate surface area is 230 Å². The molecule has 0 aromatic heterocycles. The minimum Gasteiger partial charge on any atom is -0.352 e. The molecule has 1 atom stereocenters. The molecule has 1 fully saturated rings. The average Bonchev–Trinajstić information content (AvgIpc) is 3.38. The number of carbonyl (C=O) groups is 2. The smallest absolute Gasteiger partial charge is 0.243 e. The summed E-state index contributed by atoms with van der Waals surface area (Å²) in [6.45, 7) is 4.25. The summed E-state index contributed by atoms with van der Waals surface area (Å²) in [7, 11) is 0. The SMILES string of the molecule is Cc1ccc(C)c(CC(=O)N(Cc2ccc(Cl)cc2Cl)[C@H](Cc2ccccc2)C(=O)NC2CCCC2)c1. The third kappa shape index (κ3) is 7.37. The number of carbonyl (C=O) groups excluding carboxylic acids is 2. The van der Waals surface area contributed by atoms with Crippen LogP contribution in [-0.2, 0) is 29.0 Å². The van der Waals surface area contributed by atoms with Crippen LogP contribution in [-0.4, -0.2) is 28.8 Å². The van der Waals surface area contributed by atoms with E-state index in [1.165, 1.54) is 0 Å². The molecule has 1 N–H and O–H groups in total. The van der Waals surface area contributed by atoms with Crippen LogP contribution in [0.2, 0.25) is 10.0 Å². The number of nitrogens with zero attached hydrogens (tertiary/aromatic N) is 1. The van der Waals surface area contributed by atoms with E-state index in [4.69, 9.17) is 23.2 Å². The van der Waals surface area contributed by atoms with Gasteiger partial charge in [-0.1, -0.05) is 96.2 Å². The van der Waals surface area contributed by atoms with E-state index in [1.807, 2.05) is 68.4 Å². The normalized spacial score (nSPS) is 14.4. The Balaban J connectivity index is 1.70. The van der Waals surface area contributed by atoms with E-state index in [2.05, 4.69) is 5.32 Å². The predicted molar refractivity (Wildman–Crippen MR) is 151 cm³/mol. The number of rotatable bonds is 9. The van der Waals surface area contributed by atoms with Gasteiger partial charge in [0.1, 0.15) is 6.04 Å². The Kier molecular flexibility index (Phi) is 9.28. The van der Waals surface area contributed by atoms with Crippen molar-refractivity contribution in [3.8, 4) is 0 Å². The van der Waals surface area contributed by atoms with Crippen LogP contribution in [0.1, 0.15) is 53.5 Å². The molecule has 0 bridgehead atoms. The summed E-state index contributed by atoms with van der Waals surface area (Å²) in [5.41, 5.74) is 4.87. The largest absolute Gasteiger partial charge is 0.352 e. The maximum atomic E-state index is 14.0. The van der Waals surface area contributed by atoms with Crippen molar-refractivity contribution in [1.29, 1.82) is 0 Å². The lowest BCUT2D eigenvalue weighted by Crippen LogP contribution is -2.52. The van der Waals surface area contributed by atoms with Crippen LogP contribution in [0.4, 0.5) is 0 Å². The van der Waals surface area contributed by atoms with Gasteiger partial charge in [0.05, 0.1) is 6.42 Å². The monoisotopic (exact) mass is 536 g/mol. The number of hydrogen-bond acceptors (Lipinski definition) is 2. The summed E-state index contributed by atoms with van der Waals surface area (Å²) >= 11 is 12.7. The van der Waals surface area contributed by atoms with E-state index in [-0.39, 0.29) is 30.8 Å². The predicted octanol–water partition coefficient (Wildman–Crippen LogP) is 6.85. The lowest BCUT2D eigenvalue weighted by Gasteiger charge is -2.33. The minimum atomic E-state index is -0.674. The molecule has 3 aromatic rings. The van der Waals surface area contributed by atoms with Gasteiger partial charge >= 0.3 is 0 Å². The number of hydrogen-bond donors (Lipinski definition) is 1. The molecule has 0 unspecified atom stereocenters. The second-order valence-electron chi connectivity index (χ2n) is 10.1. The molecule has 3 aromatic carbocycles. The molecule has 1 saturated carbocycles. The molecule has 1 aliphatic carbocycles. The van der Waals surface area contributed by atoms with Gasteiger partial charge in [-0.3, -0.25) is 9.59 Å². The van der Waals surface area contributed by atoms with E-state index < -0.39 is 6.04 Å². The highest BCUT2D eigenvalue weighted by molar-refractivity contribution is 6.35. The quantitative estimate of drug-likeness (QED) is 0.325. The van der Waals surface area contributed by atoms with Crippen LogP contribution in [0, 0.1) is 13.8 Å². The molecule has 0 heterocycles. The fourth-order valence-corrected chi connectivity index (χ4v) is 5.48. The molecule has 0 spiro atoms. The van der Waals surface area contributed by atoms with E-state index in [0.717, 1.165) is 53.5 Å². The lowest BCUT2D eigenvalue weighted by atomic mass is 9.99.